The van der Waals surface area contributed by atoms with Crippen molar-refractivity contribution < 1.29 is 28.8 Å². The molecule has 1 aliphatic rings. The van der Waals surface area contributed by atoms with Crippen LogP contribution in [0.1, 0.15) is 44.4 Å². The summed E-state index contributed by atoms with van der Waals surface area (Å²) in [6, 6.07) is 57.0. The highest BCUT2D eigenvalue weighted by atomic mass is 32.1. The smallest absolute Gasteiger partial charge is 0.121 e. The summed E-state index contributed by atoms with van der Waals surface area (Å²) < 4.78 is 35.5. The topological polar surface area (TPSA) is 66.4 Å². The molecule has 7 heteroatoms. The molecule has 6 nitrogen and oxygen atoms in total. The summed E-state index contributed by atoms with van der Waals surface area (Å²) in [6.07, 6.45) is -2.38. The molecule has 5 atom stereocenters. The molecule has 1 aliphatic heterocycles. The number of ether oxygens (including phenoxy) is 5. The monoisotopic (exact) mass is 762 g/mol. The Balaban J connectivity index is 1.17. The molecule has 0 saturated carbocycles. The van der Waals surface area contributed by atoms with Crippen LogP contribution in [0.3, 0.4) is 0 Å². The molecular formula is C49H46O6S. The third-order valence-electron chi connectivity index (χ3n) is 10.1. The Hall–Kier alpha value is -5.12. The number of benzene rings is 6. The van der Waals surface area contributed by atoms with Crippen LogP contribution in [0.4, 0.5) is 0 Å². The molecule has 6 aromatic carbocycles. The van der Waals surface area contributed by atoms with Gasteiger partial charge in [-0.25, -0.2) is 0 Å². The maximum absolute atomic E-state index is 11.7. The number of rotatable bonds is 16. The van der Waals surface area contributed by atoms with Gasteiger partial charge in [-0.15, -0.1) is 11.3 Å². The Morgan fingerprint density at radius 1 is 0.500 bits per heavy atom. The highest BCUT2D eigenvalue weighted by Gasteiger charge is 2.49. The Morgan fingerprint density at radius 2 is 1.02 bits per heavy atom. The van der Waals surface area contributed by atoms with Crippen molar-refractivity contribution in [3.63, 3.8) is 0 Å². The average molecular weight is 763 g/mol. The van der Waals surface area contributed by atoms with Crippen LogP contribution in [0.2, 0.25) is 0 Å². The van der Waals surface area contributed by atoms with Crippen molar-refractivity contribution in [3.8, 4) is 5.75 Å². The van der Waals surface area contributed by atoms with Crippen LogP contribution in [-0.2, 0) is 56.5 Å². The fraction of sp³-hybridized carbons (Fsp3) is 0.224. The molecule has 1 aromatic heterocycles. The number of aromatic hydroxyl groups is 1. The van der Waals surface area contributed by atoms with Crippen LogP contribution in [0.5, 0.6) is 5.75 Å². The average Bonchev–Trinajstić information content (AvgIpc) is 3.66. The predicted octanol–water partition coefficient (Wildman–Crippen LogP) is 10.6. The minimum Gasteiger partial charge on any atom is -0.508 e. The molecule has 8 rings (SSSR count). The molecule has 0 spiro atoms. The van der Waals surface area contributed by atoms with Gasteiger partial charge in [0.2, 0.25) is 0 Å². The lowest BCUT2D eigenvalue weighted by atomic mass is 9.89. The van der Waals surface area contributed by atoms with E-state index in [9.17, 15) is 5.11 Å². The summed E-state index contributed by atoms with van der Waals surface area (Å²) in [6.45, 7) is 1.66. The van der Waals surface area contributed by atoms with E-state index in [-0.39, 0.29) is 12.4 Å². The zero-order chi connectivity index (χ0) is 37.9. The van der Waals surface area contributed by atoms with E-state index in [0.29, 0.717) is 32.0 Å². The Labute approximate surface area is 332 Å². The molecule has 2 heterocycles. The lowest BCUT2D eigenvalue weighted by molar-refractivity contribution is -0.275. The van der Waals surface area contributed by atoms with Gasteiger partial charge in [-0.3, -0.25) is 0 Å². The van der Waals surface area contributed by atoms with Gasteiger partial charge < -0.3 is 28.8 Å². The standard InChI is InChI=1S/C49H46O6S/c50-43-26-25-39(27-41-29-40-23-13-14-24-45(40)56-41)28-42(43)46-48(53-32-37-19-9-3-10-20-37)49(54-33-38-21-11-4-12-22-38)47(52-31-36-17-7-2-8-18-36)44(55-46)34-51-30-35-15-5-1-6-16-35/h1-26,28-29,44,46-50H,27,30-34H2/t44-,46+,47-,48+,49+/m1/s1. The van der Waals surface area contributed by atoms with Gasteiger partial charge in [-0.1, -0.05) is 146 Å². The van der Waals surface area contributed by atoms with E-state index in [1.54, 1.807) is 17.4 Å². The van der Waals surface area contributed by atoms with Crippen LogP contribution in [0, 0.1) is 0 Å². The number of phenolic OH excluding ortho intramolecular Hbond substituents is 1. The molecule has 7 aromatic rings. The van der Waals surface area contributed by atoms with Gasteiger partial charge in [0.25, 0.3) is 0 Å². The minimum atomic E-state index is -0.705. The SMILES string of the molecule is Oc1ccc(Cc2cc3ccccc3s2)cc1[C@@H]1O[C@H](COCc2ccccc2)[C@@H](OCc2ccccc2)[C@H](OCc2ccccc2)[C@H]1OCc1ccccc1. The van der Waals surface area contributed by atoms with Crippen LogP contribution in [0.15, 0.2) is 170 Å². The zero-order valence-corrected chi connectivity index (χ0v) is 32.0. The van der Waals surface area contributed by atoms with E-state index < -0.39 is 30.5 Å². The van der Waals surface area contributed by atoms with Crippen molar-refractivity contribution in [1.29, 1.82) is 0 Å². The number of fused-ring (bicyclic) bond motifs is 1. The first-order valence-electron chi connectivity index (χ1n) is 19.2. The molecule has 0 aliphatic carbocycles. The molecular weight excluding hydrogens is 717 g/mol. The summed E-state index contributed by atoms with van der Waals surface area (Å²) in [5, 5.41) is 12.9. The number of thiophene rings is 1. The van der Waals surface area contributed by atoms with E-state index in [4.69, 9.17) is 23.7 Å². The third kappa shape index (κ3) is 9.63. The summed E-state index contributed by atoms with van der Waals surface area (Å²) in [5.41, 5.74) is 5.86. The Bertz CT molecular complexity index is 2210. The van der Waals surface area contributed by atoms with Crippen LogP contribution < -0.4 is 0 Å². The first-order chi connectivity index (χ1) is 27.7. The molecule has 0 amide bonds. The Kier molecular flexibility index (Phi) is 12.6. The fourth-order valence-corrected chi connectivity index (χ4v) is 8.41. The first kappa shape index (κ1) is 37.8. The van der Waals surface area contributed by atoms with Crippen molar-refractivity contribution >= 4 is 21.4 Å². The van der Waals surface area contributed by atoms with E-state index in [1.165, 1.54) is 15.0 Å². The van der Waals surface area contributed by atoms with E-state index in [1.807, 2.05) is 103 Å². The molecule has 1 fully saturated rings. The van der Waals surface area contributed by atoms with Crippen LogP contribution in [0.25, 0.3) is 10.1 Å². The van der Waals surface area contributed by atoms with E-state index in [2.05, 4.69) is 60.7 Å². The largest absolute Gasteiger partial charge is 0.508 e. The van der Waals surface area contributed by atoms with Gasteiger partial charge in [0.05, 0.1) is 33.0 Å². The van der Waals surface area contributed by atoms with Gasteiger partial charge >= 0.3 is 0 Å². The Morgan fingerprint density at radius 3 is 1.61 bits per heavy atom. The highest BCUT2D eigenvalue weighted by molar-refractivity contribution is 7.19. The number of hydrogen-bond donors (Lipinski definition) is 1. The summed E-state index contributed by atoms with van der Waals surface area (Å²) >= 11 is 1.79. The molecule has 284 valence electrons. The summed E-state index contributed by atoms with van der Waals surface area (Å²) in [5.74, 6) is 0.137. The zero-order valence-electron chi connectivity index (χ0n) is 31.2. The molecule has 0 unspecified atom stereocenters. The molecule has 56 heavy (non-hydrogen) atoms. The quantitative estimate of drug-likeness (QED) is 0.106. The van der Waals surface area contributed by atoms with Gasteiger partial charge in [0, 0.05) is 21.6 Å². The molecule has 0 bridgehead atoms. The van der Waals surface area contributed by atoms with Crippen molar-refractivity contribution in [2.24, 2.45) is 0 Å². The van der Waals surface area contributed by atoms with Crippen molar-refractivity contribution in [2.75, 3.05) is 6.61 Å². The van der Waals surface area contributed by atoms with Gasteiger partial charge in [-0.2, -0.15) is 0 Å². The summed E-state index contributed by atoms with van der Waals surface area (Å²) in [7, 11) is 0. The second-order valence-corrected chi connectivity index (χ2v) is 15.4. The fourth-order valence-electron chi connectivity index (χ4n) is 7.31. The lowest BCUT2D eigenvalue weighted by Crippen LogP contribution is -2.58. The van der Waals surface area contributed by atoms with Crippen molar-refractivity contribution in [1.82, 2.24) is 0 Å². The van der Waals surface area contributed by atoms with E-state index >= 15 is 0 Å². The maximum Gasteiger partial charge on any atom is 0.121 e. The molecule has 1 saturated heterocycles. The normalized spacial score (nSPS) is 19.6. The number of phenols is 1. The second-order valence-electron chi connectivity index (χ2n) is 14.2. The summed E-state index contributed by atoms with van der Waals surface area (Å²) in [4.78, 5) is 1.25. The maximum atomic E-state index is 11.7. The molecule has 1 N–H and O–H groups in total. The predicted molar refractivity (Wildman–Crippen MR) is 222 cm³/mol. The second kappa shape index (κ2) is 18.7. The van der Waals surface area contributed by atoms with Crippen LogP contribution >= 0.6 is 11.3 Å². The van der Waals surface area contributed by atoms with Crippen molar-refractivity contribution in [3.05, 3.63) is 208 Å². The first-order valence-corrected chi connectivity index (χ1v) is 20.0. The van der Waals surface area contributed by atoms with Crippen LogP contribution in [-0.4, -0.2) is 36.1 Å². The van der Waals surface area contributed by atoms with Gasteiger partial charge in [0.15, 0.2) is 0 Å². The number of hydrogen-bond acceptors (Lipinski definition) is 7. The van der Waals surface area contributed by atoms with Crippen molar-refractivity contribution in [2.45, 2.75) is 63.4 Å². The van der Waals surface area contributed by atoms with E-state index in [0.717, 1.165) is 34.2 Å². The highest BCUT2D eigenvalue weighted by Crippen LogP contribution is 2.42. The lowest BCUT2D eigenvalue weighted by Gasteiger charge is -2.46. The minimum absolute atomic E-state index is 0.137. The van der Waals surface area contributed by atoms with Gasteiger partial charge in [-0.05, 0) is 57.5 Å². The van der Waals surface area contributed by atoms with Gasteiger partial charge in [0.1, 0.15) is 36.3 Å². The third-order valence-corrected chi connectivity index (χ3v) is 11.3. The molecule has 0 radical (unpaired) electrons.